The summed E-state index contributed by atoms with van der Waals surface area (Å²) in [6, 6.07) is 17.3. The molecule has 0 radical (unpaired) electrons. The second-order valence-corrected chi connectivity index (χ2v) is 9.13. The zero-order valence-electron chi connectivity index (χ0n) is 20.3. The van der Waals surface area contributed by atoms with Gasteiger partial charge < -0.3 is 9.84 Å². The van der Waals surface area contributed by atoms with Gasteiger partial charge in [-0.05, 0) is 43.9 Å². The lowest BCUT2D eigenvalue weighted by atomic mass is 10.0. The van der Waals surface area contributed by atoms with Crippen molar-refractivity contribution >= 4 is 22.5 Å². The van der Waals surface area contributed by atoms with Crippen molar-refractivity contribution in [2.75, 3.05) is 0 Å². The summed E-state index contributed by atoms with van der Waals surface area (Å²) in [5, 5.41) is 12.9. The molecule has 178 valence electrons. The molecule has 1 atom stereocenters. The molecule has 0 unspecified atom stereocenters. The van der Waals surface area contributed by atoms with Crippen LogP contribution in [-0.4, -0.2) is 30.6 Å². The highest BCUT2D eigenvalue weighted by Crippen LogP contribution is 2.25. The van der Waals surface area contributed by atoms with Crippen LogP contribution in [-0.2, 0) is 11.2 Å². The quantitative estimate of drug-likeness (QED) is 0.361. The van der Waals surface area contributed by atoms with E-state index in [9.17, 15) is 4.79 Å². The maximum absolute atomic E-state index is 13.0. The van der Waals surface area contributed by atoms with Gasteiger partial charge in [-0.15, -0.1) is 0 Å². The number of hydrogen-bond acceptors (Lipinski definition) is 6. The topological polar surface area (TPSA) is 98.2 Å². The number of amides is 1. The molecule has 0 aliphatic rings. The van der Waals surface area contributed by atoms with Crippen molar-refractivity contribution in [1.29, 1.82) is 0 Å². The fourth-order valence-electron chi connectivity index (χ4n) is 4.40. The van der Waals surface area contributed by atoms with Crippen molar-refractivity contribution in [3.8, 4) is 11.4 Å². The standard InChI is InChI=1S/C27H28N6O2/c1-16(2)24(27-30-25(32-35-27)19-10-6-5-7-11-19)29-23(34)15-14-20-17(3)28-26-21-12-8-9-13-22(21)31-33(26)18(20)4/h5-13,16,24H,14-15H2,1-4H3,(H,29,34)/t24-/m0/s1. The number of carbonyl (C=O) groups is 1. The first kappa shape index (κ1) is 22.7. The normalized spacial score (nSPS) is 12.5. The molecular weight excluding hydrogens is 440 g/mol. The minimum atomic E-state index is -0.369. The van der Waals surface area contributed by atoms with Crippen LogP contribution in [0.4, 0.5) is 0 Å². The van der Waals surface area contributed by atoms with Gasteiger partial charge in [-0.3, -0.25) is 4.79 Å². The van der Waals surface area contributed by atoms with E-state index in [0.29, 0.717) is 24.6 Å². The maximum atomic E-state index is 13.0. The number of nitrogens with one attached hydrogen (secondary N) is 1. The van der Waals surface area contributed by atoms with Gasteiger partial charge in [-0.1, -0.05) is 61.5 Å². The molecule has 3 aromatic heterocycles. The number of aromatic nitrogens is 5. The van der Waals surface area contributed by atoms with Crippen LogP contribution < -0.4 is 5.32 Å². The van der Waals surface area contributed by atoms with E-state index in [1.54, 1.807) is 0 Å². The van der Waals surface area contributed by atoms with Crippen LogP contribution in [0.25, 0.3) is 27.9 Å². The van der Waals surface area contributed by atoms with Gasteiger partial charge in [-0.25, -0.2) is 9.50 Å². The summed E-state index contributed by atoms with van der Waals surface area (Å²) in [6.07, 6.45) is 0.880. The minimum absolute atomic E-state index is 0.0762. The Bertz CT molecular complexity index is 1500. The Morgan fingerprint density at radius 1 is 1.03 bits per heavy atom. The molecule has 8 heteroatoms. The highest BCUT2D eigenvalue weighted by molar-refractivity contribution is 5.92. The Kier molecular flexibility index (Phi) is 6.03. The highest BCUT2D eigenvalue weighted by Gasteiger charge is 2.25. The summed E-state index contributed by atoms with van der Waals surface area (Å²) in [4.78, 5) is 22.3. The molecule has 1 N–H and O–H groups in total. The van der Waals surface area contributed by atoms with Crippen LogP contribution in [0.1, 0.15) is 49.2 Å². The van der Waals surface area contributed by atoms with E-state index < -0.39 is 0 Å². The van der Waals surface area contributed by atoms with Crippen LogP contribution in [0, 0.1) is 19.8 Å². The summed E-state index contributed by atoms with van der Waals surface area (Å²) in [5.41, 5.74) is 5.57. The molecular formula is C27H28N6O2. The number of aryl methyl sites for hydroxylation is 2. The highest BCUT2D eigenvalue weighted by atomic mass is 16.5. The lowest BCUT2D eigenvalue weighted by molar-refractivity contribution is -0.122. The Labute approximate surface area is 203 Å². The third-order valence-corrected chi connectivity index (χ3v) is 6.34. The van der Waals surface area contributed by atoms with E-state index in [2.05, 4.69) is 15.5 Å². The summed E-state index contributed by atoms with van der Waals surface area (Å²) < 4.78 is 7.40. The van der Waals surface area contributed by atoms with Gasteiger partial charge in [-0.2, -0.15) is 10.1 Å². The van der Waals surface area contributed by atoms with Gasteiger partial charge in [0.1, 0.15) is 6.04 Å². The molecule has 0 spiro atoms. The number of rotatable bonds is 7. The van der Waals surface area contributed by atoms with Crippen LogP contribution in [0.3, 0.4) is 0 Å². The fraction of sp³-hybridized carbons (Fsp3) is 0.296. The molecule has 0 bridgehead atoms. The number of nitrogens with zero attached hydrogens (tertiary/aromatic N) is 5. The van der Waals surface area contributed by atoms with Gasteiger partial charge >= 0.3 is 0 Å². The van der Waals surface area contributed by atoms with Crippen molar-refractivity contribution in [2.24, 2.45) is 5.92 Å². The average molecular weight is 469 g/mol. The SMILES string of the molecule is Cc1nc2c3ccccc3nn2c(C)c1CCC(=O)N[C@H](c1nc(-c2ccccc2)no1)C(C)C. The van der Waals surface area contributed by atoms with E-state index >= 15 is 0 Å². The average Bonchev–Trinajstić information content (AvgIpc) is 3.48. The monoisotopic (exact) mass is 468 g/mol. The maximum Gasteiger partial charge on any atom is 0.249 e. The molecule has 0 aliphatic heterocycles. The summed E-state index contributed by atoms with van der Waals surface area (Å²) in [7, 11) is 0. The van der Waals surface area contributed by atoms with Crippen molar-refractivity contribution in [1.82, 2.24) is 30.1 Å². The fourth-order valence-corrected chi connectivity index (χ4v) is 4.40. The van der Waals surface area contributed by atoms with Crippen LogP contribution in [0.2, 0.25) is 0 Å². The lowest BCUT2D eigenvalue weighted by Gasteiger charge is -2.19. The minimum Gasteiger partial charge on any atom is -0.344 e. The first-order valence-electron chi connectivity index (χ1n) is 11.8. The van der Waals surface area contributed by atoms with Crippen molar-refractivity contribution < 1.29 is 9.32 Å². The Balaban J connectivity index is 1.32. The van der Waals surface area contributed by atoms with Gasteiger partial charge in [0.2, 0.25) is 17.6 Å². The molecule has 2 aromatic carbocycles. The molecule has 5 rings (SSSR count). The Hall–Kier alpha value is -4.07. The molecule has 5 aromatic rings. The molecule has 0 aliphatic carbocycles. The van der Waals surface area contributed by atoms with E-state index in [-0.39, 0.29) is 17.9 Å². The van der Waals surface area contributed by atoms with Gasteiger partial charge in [0.25, 0.3) is 0 Å². The molecule has 35 heavy (non-hydrogen) atoms. The summed E-state index contributed by atoms with van der Waals surface area (Å²) in [6.45, 7) is 8.06. The van der Waals surface area contributed by atoms with Gasteiger partial charge in [0.15, 0.2) is 5.65 Å². The molecule has 0 fully saturated rings. The lowest BCUT2D eigenvalue weighted by Crippen LogP contribution is -2.32. The van der Waals surface area contributed by atoms with Crippen molar-refractivity contribution in [3.63, 3.8) is 0 Å². The van der Waals surface area contributed by atoms with E-state index in [1.807, 2.05) is 86.8 Å². The van der Waals surface area contributed by atoms with Gasteiger partial charge in [0, 0.05) is 28.8 Å². The number of hydrogen-bond donors (Lipinski definition) is 1. The first-order valence-corrected chi connectivity index (χ1v) is 11.8. The molecule has 1 amide bonds. The molecule has 0 saturated carbocycles. The predicted molar refractivity (Wildman–Crippen MR) is 134 cm³/mol. The summed E-state index contributed by atoms with van der Waals surface area (Å²) in [5.74, 6) is 0.928. The van der Waals surface area contributed by atoms with E-state index in [0.717, 1.165) is 39.1 Å². The Morgan fingerprint density at radius 3 is 2.54 bits per heavy atom. The predicted octanol–water partition coefficient (Wildman–Crippen LogP) is 5.00. The zero-order valence-corrected chi connectivity index (χ0v) is 20.3. The second-order valence-electron chi connectivity index (χ2n) is 9.13. The van der Waals surface area contributed by atoms with Crippen molar-refractivity contribution in [3.05, 3.63) is 77.4 Å². The first-order chi connectivity index (χ1) is 16.9. The van der Waals surface area contributed by atoms with Gasteiger partial charge in [0.05, 0.1) is 5.52 Å². The molecule has 8 nitrogen and oxygen atoms in total. The third-order valence-electron chi connectivity index (χ3n) is 6.34. The molecule has 3 heterocycles. The number of carbonyl (C=O) groups excluding carboxylic acids is 1. The second kappa shape index (κ2) is 9.29. The van der Waals surface area contributed by atoms with E-state index in [1.165, 1.54) is 0 Å². The molecule has 0 saturated heterocycles. The van der Waals surface area contributed by atoms with Crippen LogP contribution in [0.5, 0.6) is 0 Å². The number of benzene rings is 2. The van der Waals surface area contributed by atoms with E-state index in [4.69, 9.17) is 14.6 Å². The van der Waals surface area contributed by atoms with Crippen molar-refractivity contribution in [2.45, 2.75) is 46.6 Å². The van der Waals surface area contributed by atoms with Crippen LogP contribution >= 0.6 is 0 Å². The number of fused-ring (bicyclic) bond motifs is 3. The smallest absolute Gasteiger partial charge is 0.249 e. The zero-order chi connectivity index (χ0) is 24.5. The Morgan fingerprint density at radius 2 is 1.77 bits per heavy atom. The third kappa shape index (κ3) is 4.39. The largest absolute Gasteiger partial charge is 0.344 e. The summed E-state index contributed by atoms with van der Waals surface area (Å²) >= 11 is 0. The van der Waals surface area contributed by atoms with Crippen LogP contribution in [0.15, 0.2) is 59.1 Å².